The topological polar surface area (TPSA) is 89.2 Å². The molecule has 7 nitrogen and oxygen atoms in total. The average Bonchev–Trinajstić information content (AvgIpc) is 3.46. The van der Waals surface area contributed by atoms with E-state index in [4.69, 9.17) is 4.42 Å². The Morgan fingerprint density at radius 3 is 2.60 bits per heavy atom. The summed E-state index contributed by atoms with van der Waals surface area (Å²) in [5, 5.41) is 10.00. The molecule has 0 atom stereocenters. The molecule has 2 aromatic heterocycles. The maximum absolute atomic E-state index is 12.8. The van der Waals surface area contributed by atoms with Gasteiger partial charge in [-0.25, -0.2) is 4.68 Å². The third-order valence-corrected chi connectivity index (χ3v) is 4.61. The highest BCUT2D eigenvalue weighted by molar-refractivity contribution is 6.08. The molecule has 4 rings (SSSR count). The van der Waals surface area contributed by atoms with Gasteiger partial charge in [-0.1, -0.05) is 30.3 Å². The van der Waals surface area contributed by atoms with Crippen LogP contribution in [0.3, 0.4) is 0 Å². The van der Waals surface area contributed by atoms with Gasteiger partial charge < -0.3 is 15.1 Å². The quantitative estimate of drug-likeness (QED) is 0.513. The van der Waals surface area contributed by atoms with Crippen molar-refractivity contribution in [2.45, 2.75) is 13.5 Å². The van der Waals surface area contributed by atoms with Crippen LogP contribution in [0.4, 0.5) is 5.69 Å². The molecular formula is C23H20N4O3. The first kappa shape index (κ1) is 19.2. The van der Waals surface area contributed by atoms with Gasteiger partial charge >= 0.3 is 0 Å². The van der Waals surface area contributed by atoms with Crippen molar-refractivity contribution in [1.29, 1.82) is 0 Å². The van der Waals surface area contributed by atoms with E-state index in [0.29, 0.717) is 17.8 Å². The Balaban J connectivity index is 1.47. The van der Waals surface area contributed by atoms with E-state index in [0.717, 1.165) is 16.8 Å². The molecule has 0 fully saturated rings. The third kappa shape index (κ3) is 4.15. The monoisotopic (exact) mass is 400 g/mol. The number of furan rings is 1. The summed E-state index contributed by atoms with van der Waals surface area (Å²) in [6.45, 7) is 2.14. The number of anilines is 1. The number of aryl methyl sites for hydroxylation is 1. The number of carbonyl (C=O) groups excluding carboxylic acids is 2. The summed E-state index contributed by atoms with van der Waals surface area (Å²) < 4.78 is 6.88. The number of rotatable bonds is 6. The van der Waals surface area contributed by atoms with E-state index in [1.807, 2.05) is 49.5 Å². The minimum atomic E-state index is -0.410. The third-order valence-electron chi connectivity index (χ3n) is 4.61. The molecule has 2 heterocycles. The minimum Gasteiger partial charge on any atom is -0.459 e. The van der Waals surface area contributed by atoms with E-state index in [9.17, 15) is 9.59 Å². The molecule has 0 unspecified atom stereocenters. The Morgan fingerprint density at radius 2 is 1.83 bits per heavy atom. The van der Waals surface area contributed by atoms with Gasteiger partial charge in [-0.15, -0.1) is 0 Å². The molecule has 0 spiro atoms. The highest BCUT2D eigenvalue weighted by Gasteiger charge is 2.17. The number of hydrogen-bond acceptors (Lipinski definition) is 4. The lowest BCUT2D eigenvalue weighted by Gasteiger charge is -2.13. The number of aromatic nitrogens is 2. The van der Waals surface area contributed by atoms with Gasteiger partial charge in [-0.3, -0.25) is 9.59 Å². The van der Waals surface area contributed by atoms with Gasteiger partial charge in [-0.2, -0.15) is 5.10 Å². The lowest BCUT2D eigenvalue weighted by molar-refractivity contribution is 0.0951. The number of nitrogens with zero attached hydrogens (tertiary/aromatic N) is 2. The highest BCUT2D eigenvalue weighted by atomic mass is 16.3. The summed E-state index contributed by atoms with van der Waals surface area (Å²) in [6, 6.07) is 18.2. The number of hydrogen-bond donors (Lipinski definition) is 2. The molecule has 2 N–H and O–H groups in total. The first-order chi connectivity index (χ1) is 14.6. The first-order valence-corrected chi connectivity index (χ1v) is 9.43. The minimum absolute atomic E-state index is 0.179. The second kappa shape index (κ2) is 8.48. The summed E-state index contributed by atoms with van der Waals surface area (Å²) >= 11 is 0. The summed E-state index contributed by atoms with van der Waals surface area (Å²) in [7, 11) is 0. The maximum Gasteiger partial charge on any atom is 0.291 e. The van der Waals surface area contributed by atoms with Crippen LogP contribution in [0.2, 0.25) is 0 Å². The molecule has 0 aliphatic rings. The predicted molar refractivity (Wildman–Crippen MR) is 113 cm³/mol. The molecule has 0 aliphatic carbocycles. The number of para-hydroxylation sites is 2. The molecule has 0 aliphatic heterocycles. The number of nitrogens with one attached hydrogen (secondary N) is 2. The van der Waals surface area contributed by atoms with Crippen LogP contribution in [0.1, 0.15) is 32.0 Å². The Labute approximate surface area is 173 Å². The maximum atomic E-state index is 12.8. The summed E-state index contributed by atoms with van der Waals surface area (Å²) in [5.41, 5.74) is 3.42. The molecule has 2 aromatic carbocycles. The highest BCUT2D eigenvalue weighted by Crippen LogP contribution is 2.22. The number of carbonyl (C=O) groups is 2. The molecule has 7 heteroatoms. The zero-order chi connectivity index (χ0) is 20.9. The van der Waals surface area contributed by atoms with Gasteiger partial charge in [0, 0.05) is 18.3 Å². The van der Waals surface area contributed by atoms with Crippen LogP contribution in [-0.2, 0) is 6.54 Å². The molecule has 150 valence electrons. The largest absolute Gasteiger partial charge is 0.459 e. The van der Waals surface area contributed by atoms with Crippen molar-refractivity contribution in [3.8, 4) is 5.69 Å². The molecule has 4 aromatic rings. The Bertz CT molecular complexity index is 1160. The van der Waals surface area contributed by atoms with E-state index in [2.05, 4.69) is 15.7 Å². The van der Waals surface area contributed by atoms with Crippen LogP contribution in [-0.4, -0.2) is 21.6 Å². The van der Waals surface area contributed by atoms with Crippen LogP contribution < -0.4 is 10.6 Å². The SMILES string of the molecule is Cc1cccc(C(=O)NCc2cnn(-c3ccccc3)c2)c1NC(=O)c1ccco1. The Morgan fingerprint density at radius 1 is 1.00 bits per heavy atom. The van der Waals surface area contributed by atoms with Crippen molar-refractivity contribution in [2.24, 2.45) is 0 Å². The van der Waals surface area contributed by atoms with E-state index < -0.39 is 5.91 Å². The van der Waals surface area contributed by atoms with Crippen molar-refractivity contribution in [3.63, 3.8) is 0 Å². The number of benzene rings is 2. The zero-order valence-electron chi connectivity index (χ0n) is 16.3. The van der Waals surface area contributed by atoms with Crippen molar-refractivity contribution < 1.29 is 14.0 Å². The van der Waals surface area contributed by atoms with Crippen LogP contribution >= 0.6 is 0 Å². The molecule has 0 saturated heterocycles. The van der Waals surface area contributed by atoms with Gasteiger partial charge in [0.2, 0.25) is 0 Å². The fraction of sp³-hybridized carbons (Fsp3) is 0.0870. The summed E-state index contributed by atoms with van der Waals surface area (Å²) in [6.07, 6.45) is 5.00. The second-order valence-electron chi connectivity index (χ2n) is 6.74. The summed E-state index contributed by atoms with van der Waals surface area (Å²) in [5.74, 6) is -0.522. The predicted octanol–water partition coefficient (Wildman–Crippen LogP) is 3.96. The average molecular weight is 400 g/mol. The number of amides is 2. The van der Waals surface area contributed by atoms with Crippen LogP contribution in [0.25, 0.3) is 5.69 Å². The molecule has 0 radical (unpaired) electrons. The fourth-order valence-corrected chi connectivity index (χ4v) is 3.06. The lowest BCUT2D eigenvalue weighted by Crippen LogP contribution is -2.25. The fourth-order valence-electron chi connectivity index (χ4n) is 3.06. The van der Waals surface area contributed by atoms with Crippen molar-refractivity contribution in [3.05, 3.63) is 102 Å². The normalized spacial score (nSPS) is 10.6. The summed E-state index contributed by atoms with van der Waals surface area (Å²) in [4.78, 5) is 25.2. The molecule has 0 bridgehead atoms. The smallest absolute Gasteiger partial charge is 0.291 e. The van der Waals surface area contributed by atoms with Crippen LogP contribution in [0.15, 0.2) is 83.7 Å². The van der Waals surface area contributed by atoms with Gasteiger partial charge in [-0.05, 0) is 42.8 Å². The molecule has 0 saturated carbocycles. The zero-order valence-corrected chi connectivity index (χ0v) is 16.3. The van der Waals surface area contributed by atoms with Crippen LogP contribution in [0, 0.1) is 6.92 Å². The standard InChI is InChI=1S/C23H20N4O3/c1-16-7-5-10-19(21(16)26-23(29)20-11-6-12-30-20)22(28)24-13-17-14-25-27(15-17)18-8-3-2-4-9-18/h2-12,14-15H,13H2,1H3,(H,24,28)(H,26,29). The molecular weight excluding hydrogens is 380 g/mol. The Kier molecular flexibility index (Phi) is 5.43. The Hall–Kier alpha value is -4.13. The van der Waals surface area contributed by atoms with Gasteiger partial charge in [0.25, 0.3) is 11.8 Å². The van der Waals surface area contributed by atoms with Crippen molar-refractivity contribution in [2.75, 3.05) is 5.32 Å². The van der Waals surface area contributed by atoms with Gasteiger partial charge in [0.05, 0.1) is 29.4 Å². The van der Waals surface area contributed by atoms with E-state index in [-0.39, 0.29) is 11.7 Å². The molecule has 30 heavy (non-hydrogen) atoms. The van der Waals surface area contributed by atoms with Crippen molar-refractivity contribution >= 4 is 17.5 Å². The van der Waals surface area contributed by atoms with E-state index in [1.165, 1.54) is 6.26 Å². The van der Waals surface area contributed by atoms with E-state index >= 15 is 0 Å². The van der Waals surface area contributed by atoms with Crippen LogP contribution in [0.5, 0.6) is 0 Å². The lowest BCUT2D eigenvalue weighted by atomic mass is 10.1. The van der Waals surface area contributed by atoms with Crippen molar-refractivity contribution in [1.82, 2.24) is 15.1 Å². The van der Waals surface area contributed by atoms with Gasteiger partial charge in [0.1, 0.15) is 0 Å². The second-order valence-corrected chi connectivity index (χ2v) is 6.74. The molecule has 2 amide bonds. The van der Waals surface area contributed by atoms with E-state index in [1.54, 1.807) is 35.1 Å². The first-order valence-electron chi connectivity index (χ1n) is 9.43. The van der Waals surface area contributed by atoms with Gasteiger partial charge in [0.15, 0.2) is 5.76 Å².